The van der Waals surface area contributed by atoms with Crippen molar-refractivity contribution in [3.63, 3.8) is 0 Å². The van der Waals surface area contributed by atoms with Crippen molar-refractivity contribution in [2.24, 2.45) is 11.8 Å². The smallest absolute Gasteiger partial charge is 0.0474 e. The van der Waals surface area contributed by atoms with Crippen LogP contribution in [-0.4, -0.2) is 18.3 Å². The lowest BCUT2D eigenvalue weighted by Gasteiger charge is -2.24. The Bertz CT molecular complexity index is 656. The highest BCUT2D eigenvalue weighted by Crippen LogP contribution is 2.24. The largest absolute Gasteiger partial charge is 0.396 e. The number of benzene rings is 2. The van der Waals surface area contributed by atoms with Gasteiger partial charge in [0.15, 0.2) is 0 Å². The molecule has 0 aromatic heterocycles. The Balaban J connectivity index is 2.03. The molecule has 0 aliphatic carbocycles. The van der Waals surface area contributed by atoms with Gasteiger partial charge in [-0.1, -0.05) is 66.2 Å². The van der Waals surface area contributed by atoms with Crippen LogP contribution in [0.1, 0.15) is 43.0 Å². The molecule has 0 amide bonds. The Morgan fingerprint density at radius 2 is 1.84 bits per heavy atom. The van der Waals surface area contributed by atoms with Gasteiger partial charge in [-0.05, 0) is 60.4 Å². The summed E-state index contributed by atoms with van der Waals surface area (Å²) in [6.45, 7) is 7.66. The summed E-state index contributed by atoms with van der Waals surface area (Å²) in [5, 5.41) is 13.5. The SMILES string of the molecule is Cc1ccccc1CC(CO)CNC(CC(C)C)c1cccc(Br)c1. The summed E-state index contributed by atoms with van der Waals surface area (Å²) in [6, 6.07) is 17.3. The van der Waals surface area contributed by atoms with Crippen LogP contribution in [0.2, 0.25) is 0 Å². The molecule has 2 N–H and O–H groups in total. The molecule has 0 saturated carbocycles. The molecule has 0 bridgehead atoms. The van der Waals surface area contributed by atoms with Gasteiger partial charge in [0.25, 0.3) is 0 Å². The highest BCUT2D eigenvalue weighted by molar-refractivity contribution is 9.10. The van der Waals surface area contributed by atoms with Gasteiger partial charge in [-0.25, -0.2) is 0 Å². The maximum absolute atomic E-state index is 9.84. The molecular weight excluding hydrogens is 374 g/mol. The maximum Gasteiger partial charge on any atom is 0.0474 e. The van der Waals surface area contributed by atoms with Crippen molar-refractivity contribution >= 4 is 15.9 Å². The third kappa shape index (κ3) is 6.58. The zero-order valence-corrected chi connectivity index (χ0v) is 17.1. The second kappa shape index (κ2) is 10.1. The summed E-state index contributed by atoms with van der Waals surface area (Å²) in [6.07, 6.45) is 1.99. The molecule has 0 saturated heterocycles. The molecular formula is C22H30BrNO. The molecule has 3 heteroatoms. The van der Waals surface area contributed by atoms with Gasteiger partial charge >= 0.3 is 0 Å². The minimum Gasteiger partial charge on any atom is -0.396 e. The standard InChI is InChI=1S/C22H30BrNO/c1-16(2)11-22(20-9-6-10-21(23)13-20)24-14-18(15-25)12-19-8-5-4-7-17(19)3/h4-10,13,16,18,22,24-25H,11-12,14-15H2,1-3H3. The van der Waals surface area contributed by atoms with E-state index < -0.39 is 0 Å². The number of hydrogen-bond acceptors (Lipinski definition) is 2. The van der Waals surface area contributed by atoms with E-state index in [2.05, 4.69) is 90.5 Å². The first kappa shape index (κ1) is 20.2. The maximum atomic E-state index is 9.84. The highest BCUT2D eigenvalue weighted by atomic mass is 79.9. The summed E-state index contributed by atoms with van der Waals surface area (Å²) >= 11 is 3.57. The average Bonchev–Trinajstić information content (AvgIpc) is 2.58. The van der Waals surface area contributed by atoms with E-state index in [-0.39, 0.29) is 12.5 Å². The molecule has 0 fully saturated rings. The van der Waals surface area contributed by atoms with Gasteiger partial charge in [-0.15, -0.1) is 0 Å². The van der Waals surface area contributed by atoms with Gasteiger partial charge in [0.05, 0.1) is 0 Å². The van der Waals surface area contributed by atoms with Gasteiger partial charge in [0.2, 0.25) is 0 Å². The average molecular weight is 404 g/mol. The number of aryl methyl sites for hydroxylation is 1. The Morgan fingerprint density at radius 1 is 1.08 bits per heavy atom. The number of hydrogen-bond donors (Lipinski definition) is 2. The van der Waals surface area contributed by atoms with Crippen molar-refractivity contribution < 1.29 is 5.11 Å². The molecule has 0 heterocycles. The number of aliphatic hydroxyl groups excluding tert-OH is 1. The van der Waals surface area contributed by atoms with E-state index in [0.717, 1.165) is 23.9 Å². The highest BCUT2D eigenvalue weighted by Gasteiger charge is 2.17. The number of rotatable bonds is 9. The van der Waals surface area contributed by atoms with E-state index in [9.17, 15) is 5.11 Å². The van der Waals surface area contributed by atoms with E-state index >= 15 is 0 Å². The lowest BCUT2D eigenvalue weighted by molar-refractivity contribution is 0.216. The van der Waals surface area contributed by atoms with E-state index in [0.29, 0.717) is 12.0 Å². The zero-order valence-electron chi connectivity index (χ0n) is 15.5. The van der Waals surface area contributed by atoms with Crippen molar-refractivity contribution in [2.45, 2.75) is 39.7 Å². The summed E-state index contributed by atoms with van der Waals surface area (Å²) in [4.78, 5) is 0. The van der Waals surface area contributed by atoms with Crippen LogP contribution in [0.4, 0.5) is 0 Å². The first-order chi connectivity index (χ1) is 12.0. The first-order valence-corrected chi connectivity index (χ1v) is 9.93. The summed E-state index contributed by atoms with van der Waals surface area (Å²) in [5.74, 6) is 0.836. The number of halogens is 1. The fraction of sp³-hybridized carbons (Fsp3) is 0.455. The Morgan fingerprint density at radius 3 is 2.48 bits per heavy atom. The van der Waals surface area contributed by atoms with Crippen LogP contribution in [0.25, 0.3) is 0 Å². The fourth-order valence-electron chi connectivity index (χ4n) is 3.19. The molecule has 2 rings (SSSR count). The van der Waals surface area contributed by atoms with Crippen LogP contribution in [0.15, 0.2) is 53.0 Å². The molecule has 0 radical (unpaired) electrons. The quantitative estimate of drug-likeness (QED) is 0.596. The van der Waals surface area contributed by atoms with E-state index in [1.807, 2.05) is 0 Å². The van der Waals surface area contributed by atoms with Gasteiger partial charge in [0.1, 0.15) is 0 Å². The normalized spacial score (nSPS) is 13.8. The molecule has 2 atom stereocenters. The molecule has 0 aliphatic heterocycles. The van der Waals surface area contributed by atoms with Crippen molar-refractivity contribution in [1.82, 2.24) is 5.32 Å². The lowest BCUT2D eigenvalue weighted by Crippen LogP contribution is -2.31. The van der Waals surface area contributed by atoms with Crippen LogP contribution < -0.4 is 5.32 Å². The first-order valence-electron chi connectivity index (χ1n) is 9.13. The molecule has 2 unspecified atom stereocenters. The van der Waals surface area contributed by atoms with Crippen molar-refractivity contribution in [2.75, 3.05) is 13.2 Å². The second-order valence-corrected chi connectivity index (χ2v) is 8.24. The zero-order chi connectivity index (χ0) is 18.2. The predicted octanol–water partition coefficient (Wildman–Crippen LogP) is 5.29. The Labute approximate surface area is 160 Å². The summed E-state index contributed by atoms with van der Waals surface area (Å²) < 4.78 is 1.11. The molecule has 25 heavy (non-hydrogen) atoms. The van der Waals surface area contributed by atoms with E-state index in [1.165, 1.54) is 16.7 Å². The topological polar surface area (TPSA) is 32.3 Å². The summed E-state index contributed by atoms with van der Waals surface area (Å²) in [7, 11) is 0. The fourth-order valence-corrected chi connectivity index (χ4v) is 3.61. The van der Waals surface area contributed by atoms with Crippen molar-refractivity contribution in [1.29, 1.82) is 0 Å². The Kier molecular flexibility index (Phi) is 8.14. The van der Waals surface area contributed by atoms with Crippen molar-refractivity contribution in [3.8, 4) is 0 Å². The molecule has 0 spiro atoms. The monoisotopic (exact) mass is 403 g/mol. The van der Waals surface area contributed by atoms with Gasteiger partial charge in [-0.2, -0.15) is 0 Å². The second-order valence-electron chi connectivity index (χ2n) is 7.32. The molecule has 0 aliphatic rings. The summed E-state index contributed by atoms with van der Waals surface area (Å²) in [5.41, 5.74) is 3.92. The lowest BCUT2D eigenvalue weighted by atomic mass is 9.94. The van der Waals surface area contributed by atoms with Crippen molar-refractivity contribution in [3.05, 3.63) is 69.7 Å². The van der Waals surface area contributed by atoms with E-state index in [4.69, 9.17) is 0 Å². The third-order valence-electron chi connectivity index (χ3n) is 4.64. The Hall–Kier alpha value is -1.16. The number of aliphatic hydroxyl groups is 1. The molecule has 136 valence electrons. The van der Waals surface area contributed by atoms with Gasteiger partial charge in [-0.3, -0.25) is 0 Å². The van der Waals surface area contributed by atoms with Crippen LogP contribution in [0, 0.1) is 18.8 Å². The molecule has 2 aromatic rings. The number of nitrogens with one attached hydrogen (secondary N) is 1. The van der Waals surface area contributed by atoms with Crippen LogP contribution in [0.5, 0.6) is 0 Å². The predicted molar refractivity (Wildman–Crippen MR) is 110 cm³/mol. The minimum absolute atomic E-state index is 0.203. The molecule has 2 nitrogen and oxygen atoms in total. The molecule has 2 aromatic carbocycles. The van der Waals surface area contributed by atoms with Crippen LogP contribution in [0.3, 0.4) is 0 Å². The van der Waals surface area contributed by atoms with Crippen LogP contribution >= 0.6 is 15.9 Å². The third-order valence-corrected chi connectivity index (χ3v) is 5.13. The van der Waals surface area contributed by atoms with Gasteiger partial charge in [0, 0.05) is 23.7 Å². The van der Waals surface area contributed by atoms with Crippen LogP contribution in [-0.2, 0) is 6.42 Å². The minimum atomic E-state index is 0.203. The van der Waals surface area contributed by atoms with E-state index in [1.54, 1.807) is 0 Å². The van der Waals surface area contributed by atoms with Gasteiger partial charge < -0.3 is 10.4 Å².